The van der Waals surface area contributed by atoms with E-state index < -0.39 is 56.2 Å². The van der Waals surface area contributed by atoms with Crippen molar-refractivity contribution in [1.82, 2.24) is 9.88 Å². The predicted octanol–water partition coefficient (Wildman–Crippen LogP) is 4.81. The second-order valence-corrected chi connectivity index (χ2v) is 7.99. The van der Waals surface area contributed by atoms with Gasteiger partial charge in [-0.3, -0.25) is 4.79 Å². The Bertz CT molecular complexity index is 1050. The summed E-state index contributed by atoms with van der Waals surface area (Å²) in [5.74, 6) is -3.38. The molecule has 0 aliphatic carbocycles. The van der Waals surface area contributed by atoms with Crippen molar-refractivity contribution in [3.8, 4) is 5.75 Å². The van der Waals surface area contributed by atoms with E-state index in [0.717, 1.165) is 6.07 Å². The number of carbonyl (C=O) groups is 2. The molecule has 0 aliphatic heterocycles. The summed E-state index contributed by atoms with van der Waals surface area (Å²) in [6.07, 6.45) is -12.6. The van der Waals surface area contributed by atoms with Crippen LogP contribution in [0.5, 0.6) is 5.75 Å². The zero-order valence-electron chi connectivity index (χ0n) is 16.6. The maximum atomic E-state index is 13.4. The van der Waals surface area contributed by atoms with Gasteiger partial charge in [-0.1, -0.05) is 23.2 Å². The number of ether oxygens (including phenoxy) is 1. The van der Waals surface area contributed by atoms with Gasteiger partial charge in [-0.2, -0.15) is 26.3 Å². The van der Waals surface area contributed by atoms with E-state index in [0.29, 0.717) is 30.5 Å². The molecule has 1 aromatic heterocycles. The molecule has 184 valence electrons. The normalized spacial score (nSPS) is 12.2. The van der Waals surface area contributed by atoms with Gasteiger partial charge in [-0.05, 0) is 26.0 Å². The summed E-state index contributed by atoms with van der Waals surface area (Å²) in [5, 5.41) is 8.32. The van der Waals surface area contributed by atoms with Crippen LogP contribution in [-0.2, 0) is 5.60 Å². The van der Waals surface area contributed by atoms with E-state index in [4.69, 9.17) is 27.9 Å². The van der Waals surface area contributed by atoms with Gasteiger partial charge in [-0.15, -0.1) is 11.3 Å². The Labute approximate surface area is 215 Å². The van der Waals surface area contributed by atoms with E-state index in [9.17, 15) is 41.0 Å². The molecule has 2 aromatic rings. The second-order valence-electron chi connectivity index (χ2n) is 6.35. The molecule has 2 rings (SSSR count). The summed E-state index contributed by atoms with van der Waals surface area (Å²) in [4.78, 5) is 29.8. The van der Waals surface area contributed by atoms with Crippen molar-refractivity contribution in [2.75, 3.05) is 13.1 Å². The minimum absolute atomic E-state index is 0. The van der Waals surface area contributed by atoms with Crippen molar-refractivity contribution in [3.05, 3.63) is 43.8 Å². The van der Waals surface area contributed by atoms with Crippen LogP contribution in [0, 0.1) is 0 Å². The van der Waals surface area contributed by atoms with Gasteiger partial charge in [0.25, 0.3) is 11.5 Å². The molecule has 1 aromatic carbocycles. The number of carbonyl (C=O) groups excluding carboxylic acids is 2. The number of nitrogens with zero attached hydrogens (tertiary/aromatic N) is 2. The quantitative estimate of drug-likeness (QED) is 0.243. The summed E-state index contributed by atoms with van der Waals surface area (Å²) in [6, 6.07) is 1.29. The molecule has 1 N–H and O–H groups in total. The molecule has 16 heteroatoms. The van der Waals surface area contributed by atoms with Gasteiger partial charge in [-0.25, -0.2) is 9.78 Å². The zero-order chi connectivity index (χ0) is 25.4. The van der Waals surface area contributed by atoms with Crippen molar-refractivity contribution in [2.24, 2.45) is 0 Å². The van der Waals surface area contributed by atoms with Crippen LogP contribution >= 0.6 is 34.5 Å². The molecule has 1 heterocycles. The van der Waals surface area contributed by atoms with Gasteiger partial charge >= 0.3 is 37.2 Å². The van der Waals surface area contributed by atoms with E-state index in [-0.39, 0.29) is 24.6 Å². The number of rotatable bonds is 6. The zero-order valence-corrected chi connectivity index (χ0v) is 19.0. The van der Waals surface area contributed by atoms with Crippen LogP contribution < -0.4 is 4.74 Å². The molecular weight excluding hydrogens is 532 g/mol. The van der Waals surface area contributed by atoms with Gasteiger partial charge in [0.2, 0.25) is 5.01 Å². The second kappa shape index (κ2) is 11.1. The first-order valence-electron chi connectivity index (χ1n) is 8.91. The standard InChI is InChI=1S/C18H14Cl2F6N2O4S.Li.H/c1-3-28(4-2)14(29)9-7-33-13(27-9)15(30)32-10-6-5-8(19)12(20)11(10)16(31,17(21,22)23)18(24,25)26;;/h5-7,31H,3-4H2,1-2H3;;. The fraction of sp³-hybridized carbons (Fsp3) is 0.389. The third-order valence-corrected chi connectivity index (χ3v) is 6.02. The maximum absolute atomic E-state index is 13.4. The van der Waals surface area contributed by atoms with Crippen LogP contribution in [0.2, 0.25) is 10.0 Å². The van der Waals surface area contributed by atoms with E-state index in [1.807, 2.05) is 0 Å². The number of thiazole rings is 1. The molecule has 0 saturated heterocycles. The molecule has 0 aliphatic rings. The van der Waals surface area contributed by atoms with Crippen LogP contribution in [0.4, 0.5) is 26.3 Å². The van der Waals surface area contributed by atoms with Crippen LogP contribution in [-0.4, -0.2) is 71.2 Å². The van der Waals surface area contributed by atoms with Gasteiger partial charge < -0.3 is 14.7 Å². The average molecular weight is 547 g/mol. The summed E-state index contributed by atoms with van der Waals surface area (Å²) in [6.45, 7) is 4.04. The van der Waals surface area contributed by atoms with E-state index in [1.165, 1.54) is 10.3 Å². The van der Waals surface area contributed by atoms with Crippen molar-refractivity contribution in [1.29, 1.82) is 0 Å². The summed E-state index contributed by atoms with van der Waals surface area (Å²) < 4.78 is 85.1. The molecule has 34 heavy (non-hydrogen) atoms. The fourth-order valence-electron chi connectivity index (χ4n) is 2.68. The fourth-order valence-corrected chi connectivity index (χ4v) is 3.80. The van der Waals surface area contributed by atoms with Gasteiger partial charge in [0.05, 0.1) is 15.6 Å². The topological polar surface area (TPSA) is 79.7 Å². The molecule has 0 unspecified atom stereocenters. The van der Waals surface area contributed by atoms with Crippen molar-refractivity contribution in [3.63, 3.8) is 0 Å². The Hall–Kier alpha value is -1.49. The molecule has 0 fully saturated rings. The van der Waals surface area contributed by atoms with Crippen LogP contribution in [0.15, 0.2) is 17.5 Å². The van der Waals surface area contributed by atoms with E-state index >= 15 is 0 Å². The molecule has 6 nitrogen and oxygen atoms in total. The predicted molar refractivity (Wildman–Crippen MR) is 114 cm³/mol. The molecule has 0 spiro atoms. The number of hydrogen-bond donors (Lipinski definition) is 1. The number of alkyl halides is 6. The first kappa shape index (κ1) is 30.5. The first-order valence-corrected chi connectivity index (χ1v) is 10.5. The van der Waals surface area contributed by atoms with Gasteiger partial charge in [0, 0.05) is 18.5 Å². The minimum atomic E-state index is -6.31. The number of halogens is 8. The Kier molecular flexibility index (Phi) is 9.93. The Morgan fingerprint density at radius 3 is 2.09 bits per heavy atom. The SMILES string of the molecule is CCN(CC)C(=O)c1csc(C(=O)Oc2ccc(Cl)c(Cl)c2C(O)(C(F)(F)F)C(F)(F)F)n1.[LiH]. The molecule has 0 bridgehead atoms. The summed E-state index contributed by atoms with van der Waals surface area (Å²) in [5.41, 5.74) is -7.70. The number of aliphatic hydroxyl groups is 1. The van der Waals surface area contributed by atoms with Gasteiger partial charge in [0.15, 0.2) is 0 Å². The van der Waals surface area contributed by atoms with Gasteiger partial charge in [0.1, 0.15) is 11.4 Å². The van der Waals surface area contributed by atoms with Crippen molar-refractivity contribution < 1.29 is 45.8 Å². The third kappa shape index (κ3) is 5.66. The van der Waals surface area contributed by atoms with Crippen molar-refractivity contribution in [2.45, 2.75) is 31.8 Å². The number of benzene rings is 1. The van der Waals surface area contributed by atoms with Crippen LogP contribution in [0.25, 0.3) is 0 Å². The third-order valence-electron chi connectivity index (χ3n) is 4.39. The summed E-state index contributed by atoms with van der Waals surface area (Å²) in [7, 11) is 0. The number of esters is 1. The van der Waals surface area contributed by atoms with E-state index in [2.05, 4.69) is 4.98 Å². The molecule has 0 saturated carbocycles. The number of hydrogen-bond acceptors (Lipinski definition) is 6. The molecular formula is C18H15Cl2F6LiN2O4S. The number of amides is 1. The Morgan fingerprint density at radius 2 is 1.62 bits per heavy atom. The first-order chi connectivity index (χ1) is 15.1. The van der Waals surface area contributed by atoms with Crippen LogP contribution in [0.1, 0.15) is 39.7 Å². The molecule has 0 radical (unpaired) electrons. The number of aromatic nitrogens is 1. The van der Waals surface area contributed by atoms with Crippen molar-refractivity contribution >= 4 is 65.3 Å². The monoisotopic (exact) mass is 546 g/mol. The Morgan fingerprint density at radius 1 is 1.09 bits per heavy atom. The molecule has 1 amide bonds. The van der Waals surface area contributed by atoms with E-state index in [1.54, 1.807) is 13.8 Å². The Balaban J connectivity index is 0.00000578. The summed E-state index contributed by atoms with van der Waals surface area (Å²) >= 11 is 11.7. The molecule has 0 atom stereocenters. The average Bonchev–Trinajstić information content (AvgIpc) is 3.20. The van der Waals surface area contributed by atoms with Crippen LogP contribution in [0.3, 0.4) is 0 Å².